The SMILES string of the molecule is Cc1ccc(-c2cnc(CCC(=O)N(C)C3CCNCC3)o2)cc1. The molecule has 0 spiro atoms. The van der Waals surface area contributed by atoms with Crippen molar-refractivity contribution >= 4 is 5.91 Å². The predicted octanol–water partition coefficient (Wildman–Crippen LogP) is 2.79. The van der Waals surface area contributed by atoms with Gasteiger partial charge in [-0.1, -0.05) is 29.8 Å². The summed E-state index contributed by atoms with van der Waals surface area (Å²) in [6.45, 7) is 4.03. The number of oxazole rings is 1. The van der Waals surface area contributed by atoms with E-state index in [4.69, 9.17) is 4.42 Å². The summed E-state index contributed by atoms with van der Waals surface area (Å²) in [5.41, 5.74) is 2.22. The van der Waals surface area contributed by atoms with Crippen molar-refractivity contribution in [3.8, 4) is 11.3 Å². The van der Waals surface area contributed by atoms with Crippen molar-refractivity contribution in [2.75, 3.05) is 20.1 Å². The minimum atomic E-state index is 0.164. The minimum Gasteiger partial charge on any atom is -0.441 e. The average Bonchev–Trinajstić information content (AvgIpc) is 3.09. The van der Waals surface area contributed by atoms with Crippen LogP contribution in [0, 0.1) is 6.92 Å². The topological polar surface area (TPSA) is 58.4 Å². The third kappa shape index (κ3) is 4.03. The molecule has 0 unspecified atom stereocenters. The Balaban J connectivity index is 1.55. The normalized spacial score (nSPS) is 15.4. The standard InChI is InChI=1S/C19H25N3O2/c1-14-3-5-15(6-4-14)17-13-21-18(24-17)7-8-19(23)22(2)16-9-11-20-12-10-16/h3-6,13,16,20H,7-12H2,1-2H3. The van der Waals surface area contributed by atoms with E-state index in [1.807, 2.05) is 24.1 Å². The molecule has 0 bridgehead atoms. The molecular weight excluding hydrogens is 302 g/mol. The van der Waals surface area contributed by atoms with Crippen molar-refractivity contribution in [2.45, 2.75) is 38.6 Å². The first kappa shape index (κ1) is 16.7. The monoisotopic (exact) mass is 327 g/mol. The van der Waals surface area contributed by atoms with Gasteiger partial charge in [0.05, 0.1) is 6.20 Å². The quantitative estimate of drug-likeness (QED) is 0.917. The molecule has 1 amide bonds. The summed E-state index contributed by atoms with van der Waals surface area (Å²) in [6, 6.07) is 8.50. The second kappa shape index (κ2) is 7.62. The van der Waals surface area contributed by atoms with Crippen molar-refractivity contribution in [3.63, 3.8) is 0 Å². The zero-order valence-corrected chi connectivity index (χ0v) is 14.4. The molecule has 1 N–H and O–H groups in total. The number of aromatic nitrogens is 1. The van der Waals surface area contributed by atoms with Crippen molar-refractivity contribution in [2.24, 2.45) is 0 Å². The van der Waals surface area contributed by atoms with E-state index in [0.29, 0.717) is 24.8 Å². The lowest BCUT2D eigenvalue weighted by Gasteiger charge is -2.31. The third-order valence-electron chi connectivity index (χ3n) is 4.69. The highest BCUT2D eigenvalue weighted by Gasteiger charge is 2.22. The highest BCUT2D eigenvalue weighted by Crippen LogP contribution is 2.21. The fourth-order valence-electron chi connectivity index (χ4n) is 3.06. The Morgan fingerprint density at radius 2 is 2.00 bits per heavy atom. The van der Waals surface area contributed by atoms with Gasteiger partial charge in [-0.15, -0.1) is 0 Å². The van der Waals surface area contributed by atoms with Crippen molar-refractivity contribution in [3.05, 3.63) is 41.9 Å². The molecule has 1 aliphatic heterocycles. The van der Waals surface area contributed by atoms with Crippen LogP contribution in [0.4, 0.5) is 0 Å². The van der Waals surface area contributed by atoms with Gasteiger partial charge in [-0.2, -0.15) is 0 Å². The molecule has 0 aliphatic carbocycles. The molecule has 3 rings (SSSR count). The smallest absolute Gasteiger partial charge is 0.223 e. The van der Waals surface area contributed by atoms with E-state index >= 15 is 0 Å². The molecule has 1 aromatic carbocycles. The molecule has 0 atom stereocenters. The predicted molar refractivity (Wildman–Crippen MR) is 93.7 cm³/mol. The molecular formula is C19H25N3O2. The summed E-state index contributed by atoms with van der Waals surface area (Å²) in [7, 11) is 1.91. The van der Waals surface area contributed by atoms with E-state index in [9.17, 15) is 4.79 Å². The molecule has 5 nitrogen and oxygen atoms in total. The molecule has 128 valence electrons. The van der Waals surface area contributed by atoms with Crippen LogP contribution in [-0.4, -0.2) is 42.0 Å². The first-order valence-electron chi connectivity index (χ1n) is 8.61. The van der Waals surface area contributed by atoms with Crippen LogP contribution in [0.3, 0.4) is 0 Å². The van der Waals surface area contributed by atoms with Crippen LogP contribution >= 0.6 is 0 Å². The summed E-state index contributed by atoms with van der Waals surface area (Å²) in [5, 5.41) is 3.33. The number of benzene rings is 1. The third-order valence-corrected chi connectivity index (χ3v) is 4.69. The van der Waals surface area contributed by atoms with Gasteiger partial charge in [-0.05, 0) is 32.9 Å². The van der Waals surface area contributed by atoms with E-state index in [0.717, 1.165) is 37.3 Å². The molecule has 0 saturated carbocycles. The number of piperidine rings is 1. The second-order valence-corrected chi connectivity index (χ2v) is 6.47. The first-order chi connectivity index (χ1) is 11.6. The van der Waals surface area contributed by atoms with Crippen molar-refractivity contribution in [1.29, 1.82) is 0 Å². The number of hydrogen-bond acceptors (Lipinski definition) is 4. The number of aryl methyl sites for hydroxylation is 2. The van der Waals surface area contributed by atoms with E-state index in [1.54, 1.807) is 6.20 Å². The molecule has 0 radical (unpaired) electrons. The van der Waals surface area contributed by atoms with Gasteiger partial charge in [-0.3, -0.25) is 4.79 Å². The van der Waals surface area contributed by atoms with Gasteiger partial charge in [0.2, 0.25) is 5.91 Å². The number of nitrogens with zero attached hydrogens (tertiary/aromatic N) is 2. The molecule has 1 saturated heterocycles. The molecule has 5 heteroatoms. The Morgan fingerprint density at radius 1 is 1.29 bits per heavy atom. The molecule has 24 heavy (non-hydrogen) atoms. The number of carbonyl (C=O) groups excluding carboxylic acids is 1. The number of nitrogens with one attached hydrogen (secondary N) is 1. The summed E-state index contributed by atoms with van der Waals surface area (Å²) >= 11 is 0. The fourth-order valence-corrected chi connectivity index (χ4v) is 3.06. The number of hydrogen-bond donors (Lipinski definition) is 1. The van der Waals surface area contributed by atoms with Gasteiger partial charge in [-0.25, -0.2) is 4.98 Å². The summed E-state index contributed by atoms with van der Waals surface area (Å²) in [4.78, 5) is 18.6. The largest absolute Gasteiger partial charge is 0.441 e. The summed E-state index contributed by atoms with van der Waals surface area (Å²) in [5.74, 6) is 1.54. The van der Waals surface area contributed by atoms with Gasteiger partial charge >= 0.3 is 0 Å². The Kier molecular flexibility index (Phi) is 5.30. The highest BCUT2D eigenvalue weighted by molar-refractivity contribution is 5.76. The number of carbonyl (C=O) groups is 1. The van der Waals surface area contributed by atoms with Crippen LogP contribution in [0.15, 0.2) is 34.9 Å². The fraction of sp³-hybridized carbons (Fsp3) is 0.474. The maximum Gasteiger partial charge on any atom is 0.223 e. The van der Waals surface area contributed by atoms with Gasteiger partial charge in [0, 0.05) is 31.5 Å². The van der Waals surface area contributed by atoms with E-state index in [2.05, 4.69) is 29.4 Å². The lowest BCUT2D eigenvalue weighted by molar-refractivity contribution is -0.132. The van der Waals surface area contributed by atoms with Gasteiger partial charge in [0.25, 0.3) is 0 Å². The molecule has 1 aliphatic rings. The Hall–Kier alpha value is -2.14. The molecule has 1 aromatic heterocycles. The zero-order valence-electron chi connectivity index (χ0n) is 14.4. The van der Waals surface area contributed by atoms with E-state index < -0.39 is 0 Å². The van der Waals surface area contributed by atoms with Crippen LogP contribution in [0.25, 0.3) is 11.3 Å². The molecule has 2 aromatic rings. The lowest BCUT2D eigenvalue weighted by Crippen LogP contribution is -2.44. The van der Waals surface area contributed by atoms with Crippen molar-refractivity contribution in [1.82, 2.24) is 15.2 Å². The first-order valence-corrected chi connectivity index (χ1v) is 8.61. The van der Waals surface area contributed by atoms with Crippen LogP contribution < -0.4 is 5.32 Å². The number of amides is 1. The van der Waals surface area contributed by atoms with Crippen molar-refractivity contribution < 1.29 is 9.21 Å². The Bertz CT molecular complexity index is 672. The summed E-state index contributed by atoms with van der Waals surface area (Å²) < 4.78 is 5.79. The van der Waals surface area contributed by atoms with Crippen LogP contribution in [-0.2, 0) is 11.2 Å². The minimum absolute atomic E-state index is 0.164. The summed E-state index contributed by atoms with van der Waals surface area (Å²) in [6.07, 6.45) is 4.77. The maximum atomic E-state index is 12.4. The van der Waals surface area contributed by atoms with E-state index in [1.165, 1.54) is 5.56 Å². The highest BCUT2D eigenvalue weighted by atomic mass is 16.4. The lowest BCUT2D eigenvalue weighted by atomic mass is 10.0. The van der Waals surface area contributed by atoms with E-state index in [-0.39, 0.29) is 5.91 Å². The van der Waals surface area contributed by atoms with Crippen LogP contribution in [0.5, 0.6) is 0 Å². The van der Waals surface area contributed by atoms with Crippen LogP contribution in [0.1, 0.15) is 30.7 Å². The number of rotatable bonds is 5. The Morgan fingerprint density at radius 3 is 2.71 bits per heavy atom. The molecule has 1 fully saturated rings. The zero-order chi connectivity index (χ0) is 16.9. The average molecular weight is 327 g/mol. The van der Waals surface area contributed by atoms with Gasteiger partial charge < -0.3 is 14.6 Å². The van der Waals surface area contributed by atoms with Gasteiger partial charge in [0.15, 0.2) is 11.7 Å². The van der Waals surface area contributed by atoms with Gasteiger partial charge in [0.1, 0.15) is 0 Å². The second-order valence-electron chi connectivity index (χ2n) is 6.47. The Labute approximate surface area is 143 Å². The maximum absolute atomic E-state index is 12.4. The van der Waals surface area contributed by atoms with Crippen LogP contribution in [0.2, 0.25) is 0 Å². The molecule has 2 heterocycles.